The monoisotopic (exact) mass is 223 g/mol. The number of benzene rings is 1. The molecule has 1 aromatic rings. The second kappa shape index (κ2) is 4.31. The highest BCUT2D eigenvalue weighted by Crippen LogP contribution is 2.17. The van der Waals surface area contributed by atoms with E-state index < -0.39 is 0 Å². The molecule has 1 aromatic carbocycles. The molecule has 0 saturated carbocycles. The topological polar surface area (TPSA) is 37.2 Å². The second-order valence-electron chi connectivity index (χ2n) is 2.98. The first-order valence-corrected chi connectivity index (χ1v) is 4.82. The smallest absolute Gasteiger partial charge is 0.314 e. The molecule has 4 nitrogen and oxygen atoms in total. The average molecular weight is 224 g/mol. The summed E-state index contributed by atoms with van der Waals surface area (Å²) < 4.78 is 4.90. The van der Waals surface area contributed by atoms with Crippen molar-refractivity contribution in [3.63, 3.8) is 0 Å². The minimum atomic E-state index is 0.403. The van der Waals surface area contributed by atoms with Gasteiger partial charge in [-0.15, -0.1) is 0 Å². The van der Waals surface area contributed by atoms with Gasteiger partial charge in [-0.25, -0.2) is 4.99 Å². The molecule has 0 bridgehead atoms. The molecule has 15 heavy (non-hydrogen) atoms. The van der Waals surface area contributed by atoms with Gasteiger partial charge in [0.25, 0.3) is 0 Å². The molecule has 0 saturated heterocycles. The number of hydrogen-bond acceptors (Lipinski definition) is 4. The van der Waals surface area contributed by atoms with E-state index in [1.165, 1.54) is 0 Å². The quantitative estimate of drug-likeness (QED) is 0.732. The van der Waals surface area contributed by atoms with Crippen LogP contribution in [0.2, 0.25) is 5.02 Å². The van der Waals surface area contributed by atoms with Crippen LogP contribution >= 0.6 is 11.6 Å². The number of anilines is 1. The highest BCUT2D eigenvalue weighted by Gasteiger charge is 2.08. The Hall–Kier alpha value is -1.55. The van der Waals surface area contributed by atoms with Crippen molar-refractivity contribution in [1.29, 1.82) is 0 Å². The number of hydrogen-bond donors (Lipinski definition) is 0. The lowest BCUT2D eigenvalue weighted by Gasteiger charge is -2.20. The molecular weight excluding hydrogens is 214 g/mol. The van der Waals surface area contributed by atoms with E-state index in [4.69, 9.17) is 16.3 Å². The SMILES string of the molecule is COC1=NCN(c2ccc(Cl)cc2)C=N1. The second-order valence-corrected chi connectivity index (χ2v) is 3.41. The Morgan fingerprint density at radius 3 is 2.60 bits per heavy atom. The summed E-state index contributed by atoms with van der Waals surface area (Å²) in [6.07, 6.45) is 1.69. The van der Waals surface area contributed by atoms with Crippen LogP contribution in [0, 0.1) is 0 Å². The molecule has 2 rings (SSSR count). The maximum Gasteiger partial charge on any atom is 0.314 e. The molecule has 0 aromatic heterocycles. The van der Waals surface area contributed by atoms with Crippen molar-refractivity contribution in [2.24, 2.45) is 9.98 Å². The lowest BCUT2D eigenvalue weighted by Crippen LogP contribution is -2.26. The number of ether oxygens (including phenoxy) is 1. The Morgan fingerprint density at radius 2 is 2.07 bits per heavy atom. The van der Waals surface area contributed by atoms with E-state index in [9.17, 15) is 0 Å². The summed E-state index contributed by atoms with van der Waals surface area (Å²) in [6, 6.07) is 7.91. The van der Waals surface area contributed by atoms with Crippen LogP contribution in [0.25, 0.3) is 0 Å². The normalized spacial score (nSPS) is 15.1. The van der Waals surface area contributed by atoms with Gasteiger partial charge in [0.1, 0.15) is 13.0 Å². The van der Waals surface area contributed by atoms with E-state index in [0.717, 1.165) is 5.69 Å². The molecule has 1 heterocycles. The van der Waals surface area contributed by atoms with E-state index in [0.29, 0.717) is 17.7 Å². The first kappa shape index (κ1) is 9.98. The third-order valence-electron chi connectivity index (χ3n) is 2.01. The zero-order chi connectivity index (χ0) is 10.7. The van der Waals surface area contributed by atoms with Crippen LogP contribution < -0.4 is 4.90 Å². The van der Waals surface area contributed by atoms with E-state index in [1.807, 2.05) is 29.2 Å². The molecule has 78 valence electrons. The number of nitrogens with zero attached hydrogens (tertiary/aromatic N) is 3. The summed E-state index contributed by atoms with van der Waals surface area (Å²) in [7, 11) is 1.55. The van der Waals surface area contributed by atoms with Crippen molar-refractivity contribution in [1.82, 2.24) is 0 Å². The summed E-state index contributed by atoms with van der Waals surface area (Å²) in [6.45, 7) is 0.508. The minimum Gasteiger partial charge on any atom is -0.467 e. The fraction of sp³-hybridized carbons (Fsp3) is 0.200. The molecule has 0 amide bonds. The van der Waals surface area contributed by atoms with Gasteiger partial charge in [0.2, 0.25) is 0 Å². The van der Waals surface area contributed by atoms with Gasteiger partial charge in [-0.2, -0.15) is 4.99 Å². The molecular formula is C10H10ClN3O. The van der Waals surface area contributed by atoms with Crippen molar-refractivity contribution >= 4 is 29.6 Å². The summed E-state index contributed by atoms with van der Waals surface area (Å²) in [5, 5.41) is 0.716. The number of aliphatic imine (C=N–C) groups is 2. The highest BCUT2D eigenvalue weighted by molar-refractivity contribution is 6.30. The lowest BCUT2D eigenvalue weighted by molar-refractivity contribution is 0.394. The number of methoxy groups -OCH3 is 1. The fourth-order valence-corrected chi connectivity index (χ4v) is 1.36. The third kappa shape index (κ3) is 2.27. The summed E-state index contributed by atoms with van der Waals surface area (Å²) in [4.78, 5) is 10.0. The minimum absolute atomic E-state index is 0.403. The third-order valence-corrected chi connectivity index (χ3v) is 2.26. The molecule has 0 aliphatic carbocycles. The molecule has 0 radical (unpaired) electrons. The van der Waals surface area contributed by atoms with Crippen LogP contribution in [0.15, 0.2) is 34.3 Å². The van der Waals surface area contributed by atoms with Crippen molar-refractivity contribution in [2.45, 2.75) is 0 Å². The van der Waals surface area contributed by atoms with E-state index >= 15 is 0 Å². The van der Waals surface area contributed by atoms with Gasteiger partial charge >= 0.3 is 6.02 Å². The van der Waals surface area contributed by atoms with Gasteiger partial charge < -0.3 is 9.64 Å². The fourth-order valence-electron chi connectivity index (χ4n) is 1.23. The molecule has 0 fully saturated rings. The molecule has 0 spiro atoms. The van der Waals surface area contributed by atoms with Crippen molar-refractivity contribution in [3.05, 3.63) is 29.3 Å². The predicted octanol–water partition coefficient (Wildman–Crippen LogP) is 2.15. The average Bonchev–Trinajstić information content (AvgIpc) is 2.30. The number of halogens is 1. The van der Waals surface area contributed by atoms with E-state index in [-0.39, 0.29) is 0 Å². The van der Waals surface area contributed by atoms with Crippen LogP contribution in [0.5, 0.6) is 0 Å². The maximum atomic E-state index is 5.80. The summed E-state index contributed by atoms with van der Waals surface area (Å²) in [5.41, 5.74) is 1.00. The van der Waals surface area contributed by atoms with Gasteiger partial charge in [-0.05, 0) is 24.3 Å². The molecule has 1 aliphatic rings. The molecule has 0 atom stereocenters. The summed E-state index contributed by atoms with van der Waals surface area (Å²) in [5.74, 6) is 0. The van der Waals surface area contributed by atoms with Crippen LogP contribution in [0.1, 0.15) is 0 Å². The zero-order valence-electron chi connectivity index (χ0n) is 8.22. The first-order chi connectivity index (χ1) is 7.29. The Morgan fingerprint density at radius 1 is 1.33 bits per heavy atom. The van der Waals surface area contributed by atoms with Crippen LogP contribution in [-0.2, 0) is 4.74 Å². The predicted molar refractivity (Wildman–Crippen MR) is 61.7 cm³/mol. The van der Waals surface area contributed by atoms with E-state index in [2.05, 4.69) is 9.98 Å². The van der Waals surface area contributed by atoms with Crippen molar-refractivity contribution in [3.8, 4) is 0 Å². The Kier molecular flexibility index (Phi) is 2.87. The standard InChI is InChI=1S/C10H10ClN3O/c1-15-10-12-6-14(7-13-10)9-4-2-8(11)3-5-9/h2-6H,7H2,1H3. The maximum absolute atomic E-state index is 5.80. The van der Waals surface area contributed by atoms with Crippen LogP contribution in [0.4, 0.5) is 5.69 Å². The molecule has 0 unspecified atom stereocenters. The molecule has 1 aliphatic heterocycles. The zero-order valence-corrected chi connectivity index (χ0v) is 8.98. The molecule has 5 heteroatoms. The van der Waals surface area contributed by atoms with E-state index in [1.54, 1.807) is 13.4 Å². The van der Waals surface area contributed by atoms with Gasteiger partial charge in [0.05, 0.1) is 7.11 Å². The lowest BCUT2D eigenvalue weighted by atomic mass is 10.3. The molecule has 0 N–H and O–H groups in total. The highest BCUT2D eigenvalue weighted by atomic mass is 35.5. The Labute approximate surface area is 92.9 Å². The Balaban J connectivity index is 2.12. The van der Waals surface area contributed by atoms with Crippen LogP contribution in [-0.4, -0.2) is 26.1 Å². The first-order valence-electron chi connectivity index (χ1n) is 4.44. The number of rotatable bonds is 1. The van der Waals surface area contributed by atoms with Gasteiger partial charge in [-0.1, -0.05) is 11.6 Å². The van der Waals surface area contributed by atoms with Crippen LogP contribution in [0.3, 0.4) is 0 Å². The van der Waals surface area contributed by atoms with Gasteiger partial charge in [0.15, 0.2) is 0 Å². The van der Waals surface area contributed by atoms with Gasteiger partial charge in [0, 0.05) is 10.7 Å². The van der Waals surface area contributed by atoms with Crippen molar-refractivity contribution < 1.29 is 4.74 Å². The largest absolute Gasteiger partial charge is 0.467 e. The summed E-state index contributed by atoms with van der Waals surface area (Å²) >= 11 is 5.80. The number of amidine groups is 1. The Bertz CT molecular complexity index is 400. The van der Waals surface area contributed by atoms with Crippen molar-refractivity contribution in [2.75, 3.05) is 18.7 Å². The van der Waals surface area contributed by atoms with Gasteiger partial charge in [-0.3, -0.25) is 0 Å².